The molecule has 0 bridgehead atoms. The molecule has 1 unspecified atom stereocenters. The first kappa shape index (κ1) is 15.6. The van der Waals surface area contributed by atoms with Crippen LogP contribution in [-0.2, 0) is 17.6 Å². The lowest BCUT2D eigenvalue weighted by molar-refractivity contribution is -0.141. The van der Waals surface area contributed by atoms with E-state index in [1.807, 2.05) is 49.0 Å². The van der Waals surface area contributed by atoms with Crippen molar-refractivity contribution < 1.29 is 9.90 Å². The van der Waals surface area contributed by atoms with Gasteiger partial charge in [-0.3, -0.25) is 9.48 Å². The van der Waals surface area contributed by atoms with Gasteiger partial charge in [0.25, 0.3) is 0 Å². The summed E-state index contributed by atoms with van der Waals surface area (Å²) in [4.78, 5) is 11.5. The van der Waals surface area contributed by atoms with E-state index in [1.165, 1.54) is 0 Å². The van der Waals surface area contributed by atoms with Gasteiger partial charge in [0.1, 0.15) is 0 Å². The minimum atomic E-state index is -0.811. The second-order valence-corrected chi connectivity index (χ2v) is 5.89. The summed E-state index contributed by atoms with van der Waals surface area (Å²) in [5.74, 6) is -1.31. The molecule has 0 saturated carbocycles. The SMILES string of the molecule is CC(C)n1ccc(CC(Cc2cccc(Cl)c2)C(=O)O)n1. The fourth-order valence-corrected chi connectivity index (χ4v) is 2.43. The monoisotopic (exact) mass is 306 g/mol. The molecule has 21 heavy (non-hydrogen) atoms. The molecule has 4 nitrogen and oxygen atoms in total. The summed E-state index contributed by atoms with van der Waals surface area (Å²) in [6.07, 6.45) is 2.75. The van der Waals surface area contributed by atoms with Crippen molar-refractivity contribution in [3.63, 3.8) is 0 Å². The van der Waals surface area contributed by atoms with Crippen molar-refractivity contribution in [3.05, 3.63) is 52.8 Å². The van der Waals surface area contributed by atoms with Gasteiger partial charge in [-0.05, 0) is 44.0 Å². The second kappa shape index (κ2) is 6.76. The van der Waals surface area contributed by atoms with Gasteiger partial charge in [0, 0.05) is 23.7 Å². The van der Waals surface area contributed by atoms with Gasteiger partial charge in [0.2, 0.25) is 0 Å². The lowest BCUT2D eigenvalue weighted by Gasteiger charge is -2.11. The average Bonchev–Trinajstić information content (AvgIpc) is 2.86. The Kier molecular flexibility index (Phi) is 5.02. The van der Waals surface area contributed by atoms with Gasteiger partial charge in [-0.25, -0.2) is 0 Å². The van der Waals surface area contributed by atoms with Crippen molar-refractivity contribution in [1.29, 1.82) is 0 Å². The second-order valence-electron chi connectivity index (χ2n) is 5.45. The summed E-state index contributed by atoms with van der Waals surface area (Å²) in [7, 11) is 0. The molecule has 2 aromatic rings. The topological polar surface area (TPSA) is 55.1 Å². The molecule has 0 fully saturated rings. The lowest BCUT2D eigenvalue weighted by Crippen LogP contribution is -2.19. The summed E-state index contributed by atoms with van der Waals surface area (Å²) in [6.45, 7) is 4.08. The maximum Gasteiger partial charge on any atom is 0.307 e. The van der Waals surface area contributed by atoms with Crippen molar-refractivity contribution in [1.82, 2.24) is 9.78 Å². The largest absolute Gasteiger partial charge is 0.481 e. The van der Waals surface area contributed by atoms with Crippen LogP contribution in [0.5, 0.6) is 0 Å². The van der Waals surface area contributed by atoms with Crippen LogP contribution in [0.3, 0.4) is 0 Å². The predicted molar refractivity (Wildman–Crippen MR) is 82.6 cm³/mol. The van der Waals surface area contributed by atoms with Crippen LogP contribution in [0, 0.1) is 5.92 Å². The Labute approximate surface area is 129 Å². The van der Waals surface area contributed by atoms with Crippen LogP contribution < -0.4 is 0 Å². The first-order chi connectivity index (χ1) is 9.95. The van der Waals surface area contributed by atoms with Crippen molar-refractivity contribution in [2.75, 3.05) is 0 Å². The van der Waals surface area contributed by atoms with E-state index in [4.69, 9.17) is 11.6 Å². The van der Waals surface area contributed by atoms with Gasteiger partial charge in [0.05, 0.1) is 11.6 Å². The smallest absolute Gasteiger partial charge is 0.307 e. The highest BCUT2D eigenvalue weighted by Crippen LogP contribution is 2.18. The van der Waals surface area contributed by atoms with Crippen LogP contribution in [0.1, 0.15) is 31.1 Å². The minimum Gasteiger partial charge on any atom is -0.481 e. The number of carboxylic acids is 1. The van der Waals surface area contributed by atoms with Crippen molar-refractivity contribution in [3.8, 4) is 0 Å². The van der Waals surface area contributed by atoms with Crippen LogP contribution in [0.15, 0.2) is 36.5 Å². The Hall–Kier alpha value is -1.81. The van der Waals surface area contributed by atoms with E-state index in [0.29, 0.717) is 17.9 Å². The number of rotatable bonds is 6. The number of hydrogen-bond donors (Lipinski definition) is 1. The third-order valence-electron chi connectivity index (χ3n) is 3.37. The lowest BCUT2D eigenvalue weighted by atomic mass is 9.95. The maximum atomic E-state index is 11.5. The Morgan fingerprint density at radius 3 is 2.67 bits per heavy atom. The molecule has 112 valence electrons. The Morgan fingerprint density at radius 2 is 2.10 bits per heavy atom. The average molecular weight is 307 g/mol. The van der Waals surface area contributed by atoms with E-state index in [1.54, 1.807) is 6.07 Å². The van der Waals surface area contributed by atoms with E-state index in [0.717, 1.165) is 11.3 Å². The van der Waals surface area contributed by atoms with Crippen molar-refractivity contribution >= 4 is 17.6 Å². The van der Waals surface area contributed by atoms with Crippen LogP contribution in [0.4, 0.5) is 0 Å². The summed E-state index contributed by atoms with van der Waals surface area (Å²) in [6, 6.07) is 9.48. The standard InChI is InChI=1S/C16H19ClN2O2/c1-11(2)19-7-6-15(18-19)10-13(16(20)21)8-12-4-3-5-14(17)9-12/h3-7,9,11,13H,8,10H2,1-2H3,(H,20,21). The van der Waals surface area contributed by atoms with Gasteiger partial charge in [-0.2, -0.15) is 5.10 Å². The highest BCUT2D eigenvalue weighted by Gasteiger charge is 2.20. The normalized spacial score (nSPS) is 12.6. The molecule has 1 heterocycles. The number of aliphatic carboxylic acids is 1. The van der Waals surface area contributed by atoms with Crippen LogP contribution in [0.25, 0.3) is 0 Å². The Morgan fingerprint density at radius 1 is 1.33 bits per heavy atom. The number of benzene rings is 1. The molecular formula is C16H19ClN2O2. The summed E-state index contributed by atoms with van der Waals surface area (Å²) >= 11 is 5.94. The van der Waals surface area contributed by atoms with Gasteiger partial charge in [-0.1, -0.05) is 23.7 Å². The van der Waals surface area contributed by atoms with E-state index < -0.39 is 11.9 Å². The molecule has 0 saturated heterocycles. The van der Waals surface area contributed by atoms with Crippen LogP contribution in [-0.4, -0.2) is 20.9 Å². The third-order valence-corrected chi connectivity index (χ3v) is 3.60. The molecule has 1 atom stereocenters. The summed E-state index contributed by atoms with van der Waals surface area (Å²) in [5.41, 5.74) is 1.73. The summed E-state index contributed by atoms with van der Waals surface area (Å²) < 4.78 is 1.84. The zero-order valence-electron chi connectivity index (χ0n) is 12.2. The van der Waals surface area contributed by atoms with Crippen LogP contribution in [0.2, 0.25) is 5.02 Å². The molecule has 1 aromatic carbocycles. The zero-order chi connectivity index (χ0) is 15.4. The molecule has 0 spiro atoms. The summed E-state index contributed by atoms with van der Waals surface area (Å²) in [5, 5.41) is 14.5. The van der Waals surface area contributed by atoms with Crippen molar-refractivity contribution in [2.45, 2.75) is 32.7 Å². The van der Waals surface area contributed by atoms with E-state index in [2.05, 4.69) is 5.10 Å². The van der Waals surface area contributed by atoms with Gasteiger partial charge in [-0.15, -0.1) is 0 Å². The fourth-order valence-electron chi connectivity index (χ4n) is 2.22. The first-order valence-corrected chi connectivity index (χ1v) is 7.35. The fraction of sp³-hybridized carbons (Fsp3) is 0.375. The van der Waals surface area contributed by atoms with E-state index >= 15 is 0 Å². The highest BCUT2D eigenvalue weighted by molar-refractivity contribution is 6.30. The van der Waals surface area contributed by atoms with E-state index in [-0.39, 0.29) is 6.04 Å². The quantitative estimate of drug-likeness (QED) is 0.887. The number of nitrogens with zero attached hydrogens (tertiary/aromatic N) is 2. The van der Waals surface area contributed by atoms with Crippen LogP contribution >= 0.6 is 11.6 Å². The zero-order valence-corrected chi connectivity index (χ0v) is 12.9. The molecule has 0 aliphatic rings. The first-order valence-electron chi connectivity index (χ1n) is 6.97. The Bertz CT molecular complexity index is 622. The number of carbonyl (C=O) groups is 1. The Balaban J connectivity index is 2.10. The molecule has 1 N–H and O–H groups in total. The maximum absolute atomic E-state index is 11.5. The molecule has 0 radical (unpaired) electrons. The molecular weight excluding hydrogens is 288 g/mol. The number of carboxylic acid groups (broad SMARTS) is 1. The molecule has 0 aliphatic carbocycles. The van der Waals surface area contributed by atoms with E-state index in [9.17, 15) is 9.90 Å². The van der Waals surface area contributed by atoms with Crippen molar-refractivity contribution in [2.24, 2.45) is 5.92 Å². The number of halogens is 1. The highest BCUT2D eigenvalue weighted by atomic mass is 35.5. The number of aromatic nitrogens is 2. The minimum absolute atomic E-state index is 0.273. The molecule has 1 aromatic heterocycles. The third kappa shape index (κ3) is 4.33. The van der Waals surface area contributed by atoms with Gasteiger partial charge in [0.15, 0.2) is 0 Å². The number of hydrogen-bond acceptors (Lipinski definition) is 2. The molecule has 0 aliphatic heterocycles. The van der Waals surface area contributed by atoms with Gasteiger partial charge < -0.3 is 5.11 Å². The molecule has 5 heteroatoms. The van der Waals surface area contributed by atoms with Gasteiger partial charge >= 0.3 is 5.97 Å². The molecule has 2 rings (SSSR count). The predicted octanol–water partition coefficient (Wildman–Crippen LogP) is 3.60. The molecule has 0 amide bonds.